The van der Waals surface area contributed by atoms with Gasteiger partial charge in [0.05, 0.1) is 58.3 Å². The Kier molecular flexibility index (Phi) is 9.92. The number of fused-ring (bicyclic) bond motifs is 1. The van der Waals surface area contributed by atoms with Gasteiger partial charge in [-0.15, -0.1) is 11.3 Å². The lowest BCUT2D eigenvalue weighted by Crippen LogP contribution is -2.50. The number of rotatable bonds is 10. The van der Waals surface area contributed by atoms with Gasteiger partial charge in [-0.2, -0.15) is 0 Å². The van der Waals surface area contributed by atoms with Gasteiger partial charge >= 0.3 is 0 Å². The largest absolute Gasteiger partial charge is 0.495 e. The number of hydrogen-bond donors (Lipinski definition) is 4. The number of thiophene rings is 1. The van der Waals surface area contributed by atoms with Crippen LogP contribution in [0.4, 0.5) is 15.8 Å². The van der Waals surface area contributed by atoms with Crippen LogP contribution in [0.1, 0.15) is 23.8 Å². The molecule has 0 radical (unpaired) electrons. The molecule has 8 nitrogen and oxygen atoms in total. The van der Waals surface area contributed by atoms with Crippen molar-refractivity contribution in [1.29, 1.82) is 0 Å². The zero-order valence-corrected chi connectivity index (χ0v) is 24.5. The third kappa shape index (κ3) is 7.06. The van der Waals surface area contributed by atoms with Gasteiger partial charge in [-0.1, -0.05) is 30.9 Å². The van der Waals surface area contributed by atoms with Gasteiger partial charge < -0.3 is 25.6 Å². The molecule has 1 saturated heterocycles. The number of halogens is 1. The van der Waals surface area contributed by atoms with Crippen molar-refractivity contribution in [2.75, 3.05) is 56.8 Å². The minimum atomic E-state index is -3.34. The predicted octanol–water partition coefficient (Wildman–Crippen LogP) is 3.52. The van der Waals surface area contributed by atoms with E-state index >= 15 is 4.39 Å². The molecule has 3 atom stereocenters. The number of anilines is 2. The average molecular weight is 590 g/mol. The van der Waals surface area contributed by atoms with Gasteiger partial charge in [0.1, 0.15) is 11.9 Å². The molecule has 2 aromatic carbocycles. The first kappa shape index (κ1) is 30.1. The number of β-amino-alcohol motifs (C(OH)–C–C–N with tert-alkyl or cyclic N) is 1. The number of likely N-dealkylation sites (tertiary alicyclic amines) is 1. The Bertz CT molecular complexity index is 1500. The Balaban J connectivity index is 1.48. The van der Waals surface area contributed by atoms with Crippen molar-refractivity contribution >= 4 is 42.6 Å². The maximum Gasteiger partial charge on any atom is 0.175 e. The molecule has 1 aliphatic heterocycles. The highest BCUT2D eigenvalue weighted by molar-refractivity contribution is 7.90. The van der Waals surface area contributed by atoms with Crippen LogP contribution in [-0.2, 0) is 16.3 Å². The van der Waals surface area contributed by atoms with E-state index < -0.39 is 22.1 Å². The molecule has 2 heterocycles. The van der Waals surface area contributed by atoms with E-state index in [-0.39, 0.29) is 30.6 Å². The lowest BCUT2D eigenvalue weighted by molar-refractivity contribution is 0.0365. The molecule has 40 heavy (non-hydrogen) atoms. The maximum absolute atomic E-state index is 15.1. The Morgan fingerprint density at radius 3 is 2.75 bits per heavy atom. The number of piperidine rings is 1. The van der Waals surface area contributed by atoms with E-state index in [1.54, 1.807) is 17.4 Å². The topological polar surface area (TPSA) is 111 Å². The number of ether oxygens (including phenoxy) is 1. The van der Waals surface area contributed by atoms with Gasteiger partial charge in [0.15, 0.2) is 9.84 Å². The molecule has 216 valence electrons. The highest BCUT2D eigenvalue weighted by atomic mass is 32.2. The Morgan fingerprint density at radius 2 is 2.08 bits per heavy atom. The van der Waals surface area contributed by atoms with E-state index in [1.165, 1.54) is 19.2 Å². The number of aryl methyl sites for hydroxylation is 1. The lowest BCUT2D eigenvalue weighted by Gasteiger charge is -2.36. The van der Waals surface area contributed by atoms with Crippen LogP contribution in [-0.4, -0.2) is 88.0 Å². The third-order valence-electron chi connectivity index (χ3n) is 6.99. The summed E-state index contributed by atoms with van der Waals surface area (Å²) >= 11 is 1.59. The second kappa shape index (κ2) is 13.2. The van der Waals surface area contributed by atoms with Crippen molar-refractivity contribution in [3.63, 3.8) is 0 Å². The van der Waals surface area contributed by atoms with Crippen molar-refractivity contribution in [2.24, 2.45) is 0 Å². The fraction of sp³-hybridized carbons (Fsp3) is 0.448. The first-order chi connectivity index (χ1) is 19.1. The van der Waals surface area contributed by atoms with Gasteiger partial charge in [-0.25, -0.2) is 12.8 Å². The highest BCUT2D eigenvalue weighted by Crippen LogP contribution is 2.37. The van der Waals surface area contributed by atoms with Crippen molar-refractivity contribution in [3.05, 3.63) is 46.8 Å². The van der Waals surface area contributed by atoms with Crippen LogP contribution >= 0.6 is 11.3 Å². The molecule has 0 aliphatic carbocycles. The quantitative estimate of drug-likeness (QED) is 0.266. The second-order valence-electron chi connectivity index (χ2n) is 9.89. The molecule has 0 bridgehead atoms. The monoisotopic (exact) mass is 589 g/mol. The van der Waals surface area contributed by atoms with Gasteiger partial charge in [-0.05, 0) is 42.0 Å². The first-order valence-corrected chi connectivity index (χ1v) is 15.9. The Hall–Kier alpha value is -2.88. The number of aliphatic hydroxyl groups is 2. The van der Waals surface area contributed by atoms with Crippen molar-refractivity contribution in [3.8, 4) is 17.6 Å². The standard InChI is InChI=1S/C29H36FN3O5S2/c1-4-21-22-7-5-8-26(32-24-12-14-33(17-23(24)30)16-19(35)18-34)29(22)39-28(21)9-6-13-31-25-11-10-20(40(3,36)37)15-27(25)38-2/h5,7-8,10-11,15,19,23-24,31-32,34-35H,4,12-14,16-18H2,1-3H3. The van der Waals surface area contributed by atoms with E-state index in [0.29, 0.717) is 30.9 Å². The number of nitrogens with one attached hydrogen (secondary N) is 2. The molecule has 11 heteroatoms. The van der Waals surface area contributed by atoms with E-state index in [4.69, 9.17) is 9.84 Å². The number of sulfone groups is 1. The highest BCUT2D eigenvalue weighted by Gasteiger charge is 2.30. The van der Waals surface area contributed by atoms with Gasteiger partial charge in [-0.3, -0.25) is 4.90 Å². The van der Waals surface area contributed by atoms with E-state index in [9.17, 15) is 13.5 Å². The summed E-state index contributed by atoms with van der Waals surface area (Å²) in [6.07, 6.45) is 0.590. The van der Waals surface area contributed by atoms with Crippen molar-refractivity contribution in [1.82, 2.24) is 4.90 Å². The van der Waals surface area contributed by atoms with Gasteiger partial charge in [0.25, 0.3) is 0 Å². The van der Waals surface area contributed by atoms with Crippen LogP contribution in [0.2, 0.25) is 0 Å². The number of aliphatic hydroxyl groups excluding tert-OH is 2. The molecule has 0 spiro atoms. The first-order valence-electron chi connectivity index (χ1n) is 13.2. The number of nitrogens with zero attached hydrogens (tertiary/aromatic N) is 1. The van der Waals surface area contributed by atoms with Crippen LogP contribution in [0.15, 0.2) is 41.3 Å². The Labute approximate surface area is 239 Å². The van der Waals surface area contributed by atoms with Gasteiger partial charge in [0, 0.05) is 32.0 Å². The number of alkyl halides is 1. The molecule has 0 amide bonds. The molecular formula is C29H36FN3O5S2. The number of methoxy groups -OCH3 is 1. The summed E-state index contributed by atoms with van der Waals surface area (Å²) < 4.78 is 45.1. The molecule has 1 fully saturated rings. The molecule has 0 saturated carbocycles. The van der Waals surface area contributed by atoms with Crippen LogP contribution in [0, 0.1) is 11.8 Å². The summed E-state index contributed by atoms with van der Waals surface area (Å²) in [5, 5.41) is 26.5. The smallest absolute Gasteiger partial charge is 0.175 e. The van der Waals surface area contributed by atoms with E-state index in [0.717, 1.165) is 38.9 Å². The van der Waals surface area contributed by atoms with Crippen LogP contribution in [0.3, 0.4) is 0 Å². The molecule has 4 N–H and O–H groups in total. The second-order valence-corrected chi connectivity index (χ2v) is 12.9. The minimum absolute atomic E-state index is 0.188. The molecule has 4 rings (SSSR count). The van der Waals surface area contributed by atoms with Crippen LogP contribution < -0.4 is 15.4 Å². The zero-order valence-electron chi connectivity index (χ0n) is 22.9. The summed E-state index contributed by atoms with van der Waals surface area (Å²) in [4.78, 5) is 2.99. The average Bonchev–Trinajstić information content (AvgIpc) is 3.30. The van der Waals surface area contributed by atoms with E-state index in [1.807, 2.05) is 17.0 Å². The van der Waals surface area contributed by atoms with Crippen molar-refractivity contribution in [2.45, 2.75) is 43.0 Å². The summed E-state index contributed by atoms with van der Waals surface area (Å²) in [6.45, 7) is 3.21. The fourth-order valence-electron chi connectivity index (χ4n) is 4.90. The molecule has 3 aromatic rings. The van der Waals surface area contributed by atoms with E-state index in [2.05, 4.69) is 35.5 Å². The third-order valence-corrected chi connectivity index (χ3v) is 9.30. The SMILES string of the molecule is CCc1c(C#CCNc2ccc(S(C)(=O)=O)cc2OC)sc2c(NC3CCN(CC(O)CO)CC3F)cccc12. The van der Waals surface area contributed by atoms with Crippen LogP contribution in [0.5, 0.6) is 5.75 Å². The van der Waals surface area contributed by atoms with Crippen molar-refractivity contribution < 1.29 is 27.8 Å². The maximum atomic E-state index is 15.1. The number of benzene rings is 2. The number of hydrogen-bond acceptors (Lipinski definition) is 9. The normalized spacial score (nSPS) is 18.6. The fourth-order valence-corrected chi connectivity index (χ4v) is 6.78. The molecule has 1 aromatic heterocycles. The van der Waals surface area contributed by atoms with Crippen LogP contribution in [0.25, 0.3) is 10.1 Å². The summed E-state index contributed by atoms with van der Waals surface area (Å²) in [6, 6.07) is 10.4. The molecule has 1 aliphatic rings. The Morgan fingerprint density at radius 1 is 1.27 bits per heavy atom. The molecular weight excluding hydrogens is 553 g/mol. The van der Waals surface area contributed by atoms with Gasteiger partial charge in [0.2, 0.25) is 0 Å². The molecule has 3 unspecified atom stereocenters. The lowest BCUT2D eigenvalue weighted by atomic mass is 10.0. The zero-order chi connectivity index (χ0) is 28.9. The minimum Gasteiger partial charge on any atom is -0.495 e. The summed E-state index contributed by atoms with van der Waals surface area (Å²) in [7, 11) is -1.85. The summed E-state index contributed by atoms with van der Waals surface area (Å²) in [5.74, 6) is 6.88. The predicted molar refractivity (Wildman–Crippen MR) is 159 cm³/mol. The summed E-state index contributed by atoms with van der Waals surface area (Å²) in [5.41, 5.74) is 2.69.